The van der Waals surface area contributed by atoms with Crippen molar-refractivity contribution in [3.63, 3.8) is 0 Å². The highest BCUT2D eigenvalue weighted by atomic mass is 16.5. The number of aryl methyl sites for hydroxylation is 2. The molecule has 2 aliphatic heterocycles. The summed E-state index contributed by atoms with van der Waals surface area (Å²) in [6.45, 7) is 11.3. The number of hydrogen-bond acceptors (Lipinski definition) is 4. The lowest BCUT2D eigenvalue weighted by atomic mass is 9.59. The number of aromatic nitrogens is 2. The van der Waals surface area contributed by atoms with Crippen LogP contribution in [0.15, 0.2) is 42.5 Å². The molecule has 0 spiro atoms. The maximum Gasteiger partial charge on any atom is 0.221 e. The van der Waals surface area contributed by atoms with E-state index in [1.165, 1.54) is 5.56 Å². The van der Waals surface area contributed by atoms with Crippen LogP contribution in [0.3, 0.4) is 0 Å². The summed E-state index contributed by atoms with van der Waals surface area (Å²) in [5, 5.41) is 4.91. The van der Waals surface area contributed by atoms with Crippen LogP contribution in [-0.2, 0) is 5.41 Å². The van der Waals surface area contributed by atoms with Crippen LogP contribution in [0.25, 0.3) is 5.69 Å². The van der Waals surface area contributed by atoms with Gasteiger partial charge in [-0.25, -0.2) is 4.68 Å². The fourth-order valence-electron chi connectivity index (χ4n) is 5.23. The van der Waals surface area contributed by atoms with Crippen molar-refractivity contribution in [3.05, 3.63) is 64.8 Å². The molecule has 5 nitrogen and oxygen atoms in total. The minimum atomic E-state index is -0.432. The Morgan fingerprint density at radius 1 is 1.07 bits per heavy atom. The van der Waals surface area contributed by atoms with Gasteiger partial charge in [-0.2, -0.15) is 5.10 Å². The molecule has 2 atom stereocenters. The first kappa shape index (κ1) is 18.1. The first-order chi connectivity index (χ1) is 13.7. The van der Waals surface area contributed by atoms with Gasteiger partial charge in [0, 0.05) is 22.5 Å². The van der Waals surface area contributed by atoms with Gasteiger partial charge in [0.05, 0.1) is 23.7 Å². The largest absolute Gasteiger partial charge is 0.491 e. The second-order valence-corrected chi connectivity index (χ2v) is 9.01. The molecule has 0 fully saturated rings. The van der Waals surface area contributed by atoms with Crippen molar-refractivity contribution in [2.24, 2.45) is 5.92 Å². The summed E-state index contributed by atoms with van der Waals surface area (Å²) in [5.74, 6) is 1.73. The molecule has 150 valence electrons. The average molecular weight is 389 g/mol. The van der Waals surface area contributed by atoms with E-state index in [2.05, 4.69) is 65.0 Å². The SMILES string of the molecule is Cc1ccc(-n2nc(C)c3c2OC(C)(C)[C@H]2COc4c(N)cccc4[C@@]32C)cc1. The monoisotopic (exact) mass is 389 g/mol. The molecule has 5 heteroatoms. The molecule has 1 aromatic heterocycles. The highest BCUT2D eigenvalue weighted by Gasteiger charge is 2.57. The molecule has 29 heavy (non-hydrogen) atoms. The summed E-state index contributed by atoms with van der Waals surface area (Å²) >= 11 is 0. The van der Waals surface area contributed by atoms with Gasteiger partial charge in [0.2, 0.25) is 5.88 Å². The van der Waals surface area contributed by atoms with Crippen molar-refractivity contribution < 1.29 is 9.47 Å². The zero-order valence-corrected chi connectivity index (χ0v) is 17.6. The van der Waals surface area contributed by atoms with Crippen molar-refractivity contribution in [1.29, 1.82) is 0 Å². The van der Waals surface area contributed by atoms with E-state index in [1.807, 2.05) is 16.8 Å². The maximum atomic E-state index is 6.63. The fraction of sp³-hybridized carbons (Fsp3) is 0.375. The van der Waals surface area contributed by atoms with E-state index in [-0.39, 0.29) is 11.3 Å². The summed E-state index contributed by atoms with van der Waals surface area (Å²) in [5.41, 5.74) is 11.6. The second kappa shape index (κ2) is 5.78. The normalized spacial score (nSPS) is 24.0. The molecule has 5 rings (SSSR count). The van der Waals surface area contributed by atoms with Crippen LogP contribution in [0.2, 0.25) is 0 Å². The molecule has 0 radical (unpaired) electrons. The standard InChI is InChI=1S/C24H27N3O2/c1-14-9-11-16(12-10-14)27-22-20(15(2)26-27)24(5)17-7-6-8-18(25)21(17)28-13-19(24)23(3,4)29-22/h6-12,19H,13,25H2,1-5H3/t19-,24-/m1/s1. The summed E-state index contributed by atoms with van der Waals surface area (Å²) in [7, 11) is 0. The second-order valence-electron chi connectivity index (χ2n) is 9.01. The predicted molar refractivity (Wildman–Crippen MR) is 114 cm³/mol. The Morgan fingerprint density at radius 3 is 2.52 bits per heavy atom. The van der Waals surface area contributed by atoms with Gasteiger partial charge < -0.3 is 15.2 Å². The van der Waals surface area contributed by atoms with E-state index in [1.54, 1.807) is 0 Å². The molecule has 0 bridgehead atoms. The minimum absolute atomic E-state index is 0.131. The molecule has 0 unspecified atom stereocenters. The van der Waals surface area contributed by atoms with Crippen LogP contribution >= 0.6 is 0 Å². The van der Waals surface area contributed by atoms with E-state index < -0.39 is 5.60 Å². The number of para-hydroxylation sites is 1. The number of rotatable bonds is 1. The summed E-state index contributed by atoms with van der Waals surface area (Å²) in [4.78, 5) is 0. The van der Waals surface area contributed by atoms with Crippen LogP contribution in [0.5, 0.6) is 11.6 Å². The molecule has 2 N–H and O–H groups in total. The molecule has 0 aliphatic carbocycles. The number of nitrogen functional groups attached to an aromatic ring is 1. The predicted octanol–water partition coefficient (Wildman–Crippen LogP) is 4.56. The van der Waals surface area contributed by atoms with Crippen LogP contribution in [0.1, 0.15) is 43.2 Å². The van der Waals surface area contributed by atoms with Gasteiger partial charge in [0.1, 0.15) is 11.4 Å². The van der Waals surface area contributed by atoms with Gasteiger partial charge in [0.25, 0.3) is 0 Å². The zero-order chi connectivity index (χ0) is 20.6. The Morgan fingerprint density at radius 2 is 1.79 bits per heavy atom. The number of nitrogens with two attached hydrogens (primary N) is 1. The molecule has 0 amide bonds. The van der Waals surface area contributed by atoms with Crippen LogP contribution in [0, 0.1) is 19.8 Å². The lowest BCUT2D eigenvalue weighted by Gasteiger charge is -2.52. The molecule has 3 aromatic rings. The maximum absolute atomic E-state index is 6.63. The molecule has 2 aromatic carbocycles. The average Bonchev–Trinajstić information content (AvgIpc) is 2.99. The summed E-state index contributed by atoms with van der Waals surface area (Å²) in [6.07, 6.45) is 0. The molecule has 3 heterocycles. The summed E-state index contributed by atoms with van der Waals surface area (Å²) in [6, 6.07) is 14.4. The first-order valence-corrected chi connectivity index (χ1v) is 10.1. The number of anilines is 1. The van der Waals surface area contributed by atoms with Crippen molar-refractivity contribution in [1.82, 2.24) is 9.78 Å². The topological polar surface area (TPSA) is 62.3 Å². The van der Waals surface area contributed by atoms with E-state index in [0.717, 1.165) is 34.1 Å². The molecule has 0 saturated carbocycles. The highest BCUT2D eigenvalue weighted by molar-refractivity contribution is 5.65. The van der Waals surface area contributed by atoms with E-state index in [0.29, 0.717) is 12.3 Å². The van der Waals surface area contributed by atoms with Crippen LogP contribution in [-0.4, -0.2) is 22.0 Å². The third-order valence-corrected chi connectivity index (χ3v) is 6.71. The lowest BCUT2D eigenvalue weighted by Crippen LogP contribution is -2.57. The Hall–Kier alpha value is -2.95. The Balaban J connectivity index is 1.81. The number of benzene rings is 2. The Kier molecular flexibility index (Phi) is 3.61. The van der Waals surface area contributed by atoms with Crippen molar-refractivity contribution in [3.8, 4) is 17.3 Å². The smallest absolute Gasteiger partial charge is 0.221 e. The fourth-order valence-corrected chi connectivity index (χ4v) is 5.23. The molecular formula is C24H27N3O2. The van der Waals surface area contributed by atoms with Crippen LogP contribution in [0.4, 0.5) is 5.69 Å². The number of nitrogens with zero attached hydrogens (tertiary/aromatic N) is 2. The van der Waals surface area contributed by atoms with E-state index in [4.69, 9.17) is 20.3 Å². The van der Waals surface area contributed by atoms with Crippen molar-refractivity contribution in [2.75, 3.05) is 12.3 Å². The summed E-state index contributed by atoms with van der Waals surface area (Å²) < 4.78 is 14.7. The van der Waals surface area contributed by atoms with Crippen molar-refractivity contribution >= 4 is 5.69 Å². The quantitative estimate of drug-likeness (QED) is 0.620. The Bertz CT molecular complexity index is 1110. The number of ether oxygens (including phenoxy) is 2. The van der Waals surface area contributed by atoms with Crippen molar-refractivity contribution in [2.45, 2.75) is 45.6 Å². The van der Waals surface area contributed by atoms with Gasteiger partial charge in [-0.1, -0.05) is 36.8 Å². The first-order valence-electron chi connectivity index (χ1n) is 10.1. The molecular weight excluding hydrogens is 362 g/mol. The number of hydrogen-bond donors (Lipinski definition) is 1. The van der Waals surface area contributed by atoms with Gasteiger partial charge in [-0.05, 0) is 45.9 Å². The third-order valence-electron chi connectivity index (χ3n) is 6.71. The lowest BCUT2D eigenvalue weighted by molar-refractivity contribution is -0.0438. The number of fused-ring (bicyclic) bond motifs is 5. The highest BCUT2D eigenvalue weighted by Crippen LogP contribution is 2.58. The molecule has 0 saturated heterocycles. The van der Waals surface area contributed by atoms with E-state index >= 15 is 0 Å². The minimum Gasteiger partial charge on any atom is -0.491 e. The van der Waals surface area contributed by atoms with Gasteiger partial charge in [0.15, 0.2) is 0 Å². The van der Waals surface area contributed by atoms with Crippen LogP contribution < -0.4 is 15.2 Å². The molecule has 2 aliphatic rings. The van der Waals surface area contributed by atoms with Gasteiger partial charge >= 0.3 is 0 Å². The third kappa shape index (κ3) is 2.36. The van der Waals surface area contributed by atoms with Gasteiger partial charge in [-0.15, -0.1) is 0 Å². The Labute approximate surface area is 171 Å². The zero-order valence-electron chi connectivity index (χ0n) is 17.6. The van der Waals surface area contributed by atoms with Gasteiger partial charge in [-0.3, -0.25) is 0 Å². The van der Waals surface area contributed by atoms with E-state index in [9.17, 15) is 0 Å².